The summed E-state index contributed by atoms with van der Waals surface area (Å²) in [6.45, 7) is 4.60. The number of hydrogen-bond donors (Lipinski definition) is 1. The third-order valence-corrected chi connectivity index (χ3v) is 3.29. The molecule has 0 amide bonds. The van der Waals surface area contributed by atoms with E-state index in [4.69, 9.17) is 5.73 Å². The fraction of sp³-hybridized carbons (Fsp3) is 0.375. The van der Waals surface area contributed by atoms with Gasteiger partial charge in [0.1, 0.15) is 0 Å². The number of nitrogens with two attached hydrogens (primary N) is 1. The van der Waals surface area contributed by atoms with Crippen LogP contribution in [0.4, 0.5) is 0 Å². The Hall–Kier alpha value is -1.74. The molecule has 2 aromatic rings. The van der Waals surface area contributed by atoms with Gasteiger partial charge in [0.2, 0.25) is 0 Å². The van der Waals surface area contributed by atoms with Crippen LogP contribution in [-0.2, 0) is 0 Å². The molecule has 100 valence electrons. The number of Topliss-reactive ketones (excluding diaryl/α,β-unsaturated/α-hetero) is 1. The summed E-state index contributed by atoms with van der Waals surface area (Å²) in [5.74, 6) is 0.461. The van der Waals surface area contributed by atoms with E-state index in [0.717, 1.165) is 17.3 Å². The fourth-order valence-electron chi connectivity index (χ4n) is 2.32. The molecule has 19 heavy (non-hydrogen) atoms. The van der Waals surface area contributed by atoms with Crippen molar-refractivity contribution in [3.8, 4) is 0 Å². The summed E-state index contributed by atoms with van der Waals surface area (Å²) in [6.07, 6.45) is 2.48. The Morgan fingerprint density at radius 1 is 1.32 bits per heavy atom. The predicted octanol–water partition coefficient (Wildman–Crippen LogP) is 3.04. The number of benzene rings is 1. The first-order valence-electron chi connectivity index (χ1n) is 6.71. The van der Waals surface area contributed by atoms with E-state index in [2.05, 4.69) is 18.8 Å². The lowest BCUT2D eigenvalue weighted by Gasteiger charge is -2.15. The van der Waals surface area contributed by atoms with E-state index in [1.807, 2.05) is 30.3 Å². The van der Waals surface area contributed by atoms with Crippen LogP contribution in [0.25, 0.3) is 10.9 Å². The molecule has 3 nitrogen and oxygen atoms in total. The van der Waals surface area contributed by atoms with Gasteiger partial charge in [-0.15, -0.1) is 0 Å². The summed E-state index contributed by atoms with van der Waals surface area (Å²) in [6, 6.07) is 9.72. The van der Waals surface area contributed by atoms with Crippen LogP contribution in [0.1, 0.15) is 30.6 Å². The molecule has 1 atom stereocenters. The lowest BCUT2D eigenvalue weighted by Crippen LogP contribution is -2.25. The van der Waals surface area contributed by atoms with E-state index in [1.54, 1.807) is 6.20 Å². The summed E-state index contributed by atoms with van der Waals surface area (Å²) in [4.78, 5) is 16.8. The predicted molar refractivity (Wildman–Crippen MR) is 78.1 cm³/mol. The first-order chi connectivity index (χ1) is 9.11. The van der Waals surface area contributed by atoms with E-state index in [1.165, 1.54) is 0 Å². The lowest BCUT2D eigenvalue weighted by molar-refractivity contribution is 0.0908. The van der Waals surface area contributed by atoms with Crippen molar-refractivity contribution in [2.24, 2.45) is 17.6 Å². The second-order valence-electron chi connectivity index (χ2n) is 5.34. The van der Waals surface area contributed by atoms with Crippen LogP contribution in [0.15, 0.2) is 36.5 Å². The molecule has 0 saturated heterocycles. The topological polar surface area (TPSA) is 56.0 Å². The van der Waals surface area contributed by atoms with Crippen LogP contribution in [0.5, 0.6) is 0 Å². The third-order valence-electron chi connectivity index (χ3n) is 3.29. The van der Waals surface area contributed by atoms with Gasteiger partial charge in [-0.05, 0) is 24.5 Å². The van der Waals surface area contributed by atoms with Crippen molar-refractivity contribution in [3.05, 3.63) is 42.1 Å². The van der Waals surface area contributed by atoms with Crippen LogP contribution in [0, 0.1) is 11.8 Å². The summed E-state index contributed by atoms with van der Waals surface area (Å²) >= 11 is 0. The Morgan fingerprint density at radius 2 is 2.05 bits per heavy atom. The van der Waals surface area contributed by atoms with Crippen LogP contribution < -0.4 is 5.73 Å². The standard InChI is InChI=1S/C16H20N2O/c1-11(2)7-13(9-17)16(19)14-8-12-5-3-4-6-15(12)18-10-14/h3-6,8,10-11,13H,7,9,17H2,1-2H3. The van der Waals surface area contributed by atoms with Crippen LogP contribution in [0.2, 0.25) is 0 Å². The number of fused-ring (bicyclic) bond motifs is 1. The molecule has 0 spiro atoms. The maximum atomic E-state index is 12.4. The number of ketones is 1. The molecule has 1 aromatic heterocycles. The van der Waals surface area contributed by atoms with Gasteiger partial charge in [-0.3, -0.25) is 9.78 Å². The first-order valence-corrected chi connectivity index (χ1v) is 6.71. The van der Waals surface area contributed by atoms with Crippen molar-refractivity contribution in [2.45, 2.75) is 20.3 Å². The molecule has 0 saturated carbocycles. The number of rotatable bonds is 5. The average molecular weight is 256 g/mol. The van der Waals surface area contributed by atoms with Crippen molar-refractivity contribution in [3.63, 3.8) is 0 Å². The number of carbonyl (C=O) groups excluding carboxylic acids is 1. The van der Waals surface area contributed by atoms with Gasteiger partial charge in [-0.25, -0.2) is 0 Å². The minimum Gasteiger partial charge on any atom is -0.330 e. The van der Waals surface area contributed by atoms with Crippen LogP contribution >= 0.6 is 0 Å². The zero-order chi connectivity index (χ0) is 13.8. The Bertz CT molecular complexity index is 578. The summed E-state index contributed by atoms with van der Waals surface area (Å²) in [5, 5.41) is 0.994. The number of hydrogen-bond acceptors (Lipinski definition) is 3. The SMILES string of the molecule is CC(C)CC(CN)C(=O)c1cnc2ccccc2c1. The highest BCUT2D eigenvalue weighted by Gasteiger charge is 2.20. The Balaban J connectivity index is 2.29. The van der Waals surface area contributed by atoms with Crippen molar-refractivity contribution in [1.82, 2.24) is 4.98 Å². The highest BCUT2D eigenvalue weighted by atomic mass is 16.1. The summed E-state index contributed by atoms with van der Waals surface area (Å²) in [5.41, 5.74) is 7.30. The minimum atomic E-state index is -0.108. The van der Waals surface area contributed by atoms with Gasteiger partial charge in [-0.1, -0.05) is 32.0 Å². The fourth-order valence-corrected chi connectivity index (χ4v) is 2.32. The second kappa shape index (κ2) is 5.93. The Morgan fingerprint density at radius 3 is 2.74 bits per heavy atom. The van der Waals surface area contributed by atoms with E-state index in [9.17, 15) is 4.79 Å². The van der Waals surface area contributed by atoms with Crippen molar-refractivity contribution >= 4 is 16.7 Å². The highest BCUT2D eigenvalue weighted by Crippen LogP contribution is 2.19. The number of nitrogens with zero attached hydrogens (tertiary/aromatic N) is 1. The number of para-hydroxylation sites is 1. The minimum absolute atomic E-state index is 0.106. The molecule has 0 fully saturated rings. The van der Waals surface area contributed by atoms with Gasteiger partial charge in [0, 0.05) is 29.6 Å². The zero-order valence-electron chi connectivity index (χ0n) is 11.5. The normalized spacial score (nSPS) is 12.8. The molecule has 0 radical (unpaired) electrons. The van der Waals surface area contributed by atoms with Gasteiger partial charge in [0.15, 0.2) is 5.78 Å². The molecule has 0 aliphatic carbocycles. The number of aromatic nitrogens is 1. The monoisotopic (exact) mass is 256 g/mol. The Kier molecular flexibility index (Phi) is 4.27. The van der Waals surface area contributed by atoms with Gasteiger partial charge in [0.05, 0.1) is 5.52 Å². The molecular formula is C16H20N2O. The smallest absolute Gasteiger partial charge is 0.168 e. The molecule has 0 aliphatic rings. The quantitative estimate of drug-likeness (QED) is 0.836. The van der Waals surface area contributed by atoms with Gasteiger partial charge in [-0.2, -0.15) is 0 Å². The maximum Gasteiger partial charge on any atom is 0.168 e. The molecule has 3 heteroatoms. The molecular weight excluding hydrogens is 236 g/mol. The first kappa shape index (κ1) is 13.7. The third kappa shape index (κ3) is 3.18. The van der Waals surface area contributed by atoms with E-state index in [-0.39, 0.29) is 11.7 Å². The van der Waals surface area contributed by atoms with E-state index >= 15 is 0 Å². The number of carbonyl (C=O) groups is 1. The van der Waals surface area contributed by atoms with Gasteiger partial charge in [0.25, 0.3) is 0 Å². The largest absolute Gasteiger partial charge is 0.330 e. The van der Waals surface area contributed by atoms with E-state index in [0.29, 0.717) is 18.0 Å². The molecule has 2 N–H and O–H groups in total. The van der Waals surface area contributed by atoms with Crippen molar-refractivity contribution < 1.29 is 4.79 Å². The van der Waals surface area contributed by atoms with Crippen LogP contribution in [-0.4, -0.2) is 17.3 Å². The Labute approximate surface area is 113 Å². The molecule has 1 unspecified atom stereocenters. The molecule has 1 heterocycles. The molecule has 2 rings (SSSR count). The van der Waals surface area contributed by atoms with E-state index < -0.39 is 0 Å². The lowest BCUT2D eigenvalue weighted by atomic mass is 9.90. The van der Waals surface area contributed by atoms with Gasteiger partial charge >= 0.3 is 0 Å². The number of pyridine rings is 1. The van der Waals surface area contributed by atoms with Crippen LogP contribution in [0.3, 0.4) is 0 Å². The maximum absolute atomic E-state index is 12.4. The summed E-state index contributed by atoms with van der Waals surface area (Å²) < 4.78 is 0. The summed E-state index contributed by atoms with van der Waals surface area (Å²) in [7, 11) is 0. The molecule has 1 aromatic carbocycles. The average Bonchev–Trinajstić information content (AvgIpc) is 2.43. The van der Waals surface area contributed by atoms with Gasteiger partial charge < -0.3 is 5.73 Å². The van der Waals surface area contributed by atoms with Crippen molar-refractivity contribution in [2.75, 3.05) is 6.54 Å². The zero-order valence-corrected chi connectivity index (χ0v) is 11.5. The highest BCUT2D eigenvalue weighted by molar-refractivity contribution is 6.00. The molecule has 0 bridgehead atoms. The van der Waals surface area contributed by atoms with Crippen molar-refractivity contribution in [1.29, 1.82) is 0 Å². The second-order valence-corrected chi connectivity index (χ2v) is 5.34. The molecule has 0 aliphatic heterocycles.